The molecule has 0 radical (unpaired) electrons. The molecule has 2 N–H and O–H groups in total. The third-order valence-corrected chi connectivity index (χ3v) is 8.02. The average molecular weight is 592 g/mol. The van der Waals surface area contributed by atoms with Gasteiger partial charge in [-0.05, 0) is 76.3 Å². The van der Waals surface area contributed by atoms with Crippen molar-refractivity contribution in [3.05, 3.63) is 68.1 Å². The number of aryl methyl sites for hydroxylation is 1. The van der Waals surface area contributed by atoms with Crippen molar-refractivity contribution in [3.8, 4) is 16.3 Å². The lowest BCUT2D eigenvalue weighted by atomic mass is 10.0. The molecule has 0 aliphatic heterocycles. The number of nitrogens with one attached hydrogen (secondary N) is 1. The molecule has 1 aliphatic rings. The Labute approximate surface area is 242 Å². The number of hydrogen-bond acceptors (Lipinski definition) is 6. The maximum absolute atomic E-state index is 13.2. The number of amides is 1. The molecule has 1 amide bonds. The number of carbonyl (C=O) groups is 2. The molecule has 1 aromatic heterocycles. The van der Waals surface area contributed by atoms with E-state index in [1.807, 2.05) is 39.0 Å². The van der Waals surface area contributed by atoms with Crippen molar-refractivity contribution in [1.82, 2.24) is 10.3 Å². The quantitative estimate of drug-likeness (QED) is 0.247. The minimum atomic E-state index is -1.01. The molecule has 7 nitrogen and oxygen atoms in total. The maximum Gasteiger partial charge on any atom is 0.333 e. The smallest absolute Gasteiger partial charge is 0.333 e. The summed E-state index contributed by atoms with van der Waals surface area (Å²) in [4.78, 5) is 30.3. The summed E-state index contributed by atoms with van der Waals surface area (Å²) in [5.74, 6) is -0.643. The number of benzene rings is 2. The van der Waals surface area contributed by atoms with Crippen LogP contribution in [-0.2, 0) is 22.5 Å². The largest absolute Gasteiger partial charge is 0.490 e. The summed E-state index contributed by atoms with van der Waals surface area (Å²) >= 11 is 13.8. The normalized spacial score (nSPS) is 14.5. The Morgan fingerprint density at radius 3 is 2.56 bits per heavy atom. The molecule has 39 heavy (non-hydrogen) atoms. The molecule has 3 aromatic rings. The first-order chi connectivity index (χ1) is 18.6. The van der Waals surface area contributed by atoms with Crippen LogP contribution >= 0.6 is 34.5 Å². The molecule has 1 atom stereocenters. The van der Waals surface area contributed by atoms with E-state index >= 15 is 0 Å². The van der Waals surface area contributed by atoms with Crippen molar-refractivity contribution in [2.75, 3.05) is 0 Å². The number of carboxylic acids is 1. The van der Waals surface area contributed by atoms with Crippen LogP contribution < -0.4 is 10.1 Å². The van der Waals surface area contributed by atoms with Crippen molar-refractivity contribution in [2.24, 2.45) is 0 Å². The molecular weight excluding hydrogens is 559 g/mol. The standard InChI is InChI=1S/C29H32Cl2N2O5S/c1-16(2)37-25(29(35)36)13-18-8-11-24(38-21-6-4-5-7-21)19(12-18)15-32-27(34)26-17(3)39-28(33-26)22-10-9-20(30)14-23(22)31/h8-12,14,16,21,25H,4-7,13,15H2,1-3H3,(H,32,34)(H,35,36). The zero-order valence-corrected chi connectivity index (χ0v) is 24.5. The first-order valence-electron chi connectivity index (χ1n) is 13.0. The van der Waals surface area contributed by atoms with Gasteiger partial charge in [-0.3, -0.25) is 4.79 Å². The van der Waals surface area contributed by atoms with Crippen molar-refractivity contribution in [3.63, 3.8) is 0 Å². The minimum absolute atomic E-state index is 0.133. The summed E-state index contributed by atoms with van der Waals surface area (Å²) < 4.78 is 11.9. The zero-order chi connectivity index (χ0) is 28.1. The number of ether oxygens (including phenoxy) is 2. The highest BCUT2D eigenvalue weighted by Gasteiger charge is 2.23. The van der Waals surface area contributed by atoms with Gasteiger partial charge < -0.3 is 19.9 Å². The minimum Gasteiger partial charge on any atom is -0.490 e. The van der Waals surface area contributed by atoms with E-state index in [-0.39, 0.29) is 31.1 Å². The Kier molecular flexibility index (Phi) is 9.88. The third-order valence-electron chi connectivity index (χ3n) is 6.47. The Bertz CT molecular complexity index is 1340. The number of aromatic nitrogens is 1. The topological polar surface area (TPSA) is 97.8 Å². The second-order valence-electron chi connectivity index (χ2n) is 9.91. The van der Waals surface area contributed by atoms with Crippen LogP contribution in [0.25, 0.3) is 10.6 Å². The van der Waals surface area contributed by atoms with Crippen LogP contribution in [0.1, 0.15) is 66.0 Å². The molecule has 1 fully saturated rings. The molecule has 2 aromatic carbocycles. The molecular formula is C29H32Cl2N2O5S. The van der Waals surface area contributed by atoms with Gasteiger partial charge in [-0.15, -0.1) is 11.3 Å². The number of hydrogen-bond donors (Lipinski definition) is 2. The second kappa shape index (κ2) is 13.1. The Morgan fingerprint density at radius 1 is 1.15 bits per heavy atom. The molecule has 4 rings (SSSR count). The van der Waals surface area contributed by atoms with Gasteiger partial charge in [0, 0.05) is 34.0 Å². The van der Waals surface area contributed by atoms with Gasteiger partial charge in [0.25, 0.3) is 5.91 Å². The van der Waals surface area contributed by atoms with Crippen molar-refractivity contribution in [2.45, 2.75) is 77.7 Å². The van der Waals surface area contributed by atoms with E-state index in [0.717, 1.165) is 41.7 Å². The van der Waals surface area contributed by atoms with E-state index in [2.05, 4.69) is 10.3 Å². The maximum atomic E-state index is 13.2. The lowest BCUT2D eigenvalue weighted by Crippen LogP contribution is -2.29. The summed E-state index contributed by atoms with van der Waals surface area (Å²) in [6, 6.07) is 10.8. The van der Waals surface area contributed by atoms with Crippen LogP contribution in [0.15, 0.2) is 36.4 Å². The van der Waals surface area contributed by atoms with Crippen LogP contribution in [-0.4, -0.2) is 40.3 Å². The number of nitrogens with zero attached hydrogens (tertiary/aromatic N) is 1. The first kappa shape index (κ1) is 29.3. The zero-order valence-electron chi connectivity index (χ0n) is 22.1. The van der Waals surface area contributed by atoms with E-state index in [1.54, 1.807) is 18.2 Å². The lowest BCUT2D eigenvalue weighted by Gasteiger charge is -2.20. The predicted molar refractivity (Wildman–Crippen MR) is 154 cm³/mol. The Balaban J connectivity index is 1.53. The molecule has 10 heteroatoms. The molecule has 208 valence electrons. The average Bonchev–Trinajstić information content (AvgIpc) is 3.52. The van der Waals surface area contributed by atoms with Gasteiger partial charge in [0.05, 0.1) is 17.2 Å². The van der Waals surface area contributed by atoms with Crippen molar-refractivity contribution in [1.29, 1.82) is 0 Å². The summed E-state index contributed by atoms with van der Waals surface area (Å²) in [5, 5.41) is 14.2. The molecule has 1 saturated carbocycles. The highest BCUT2D eigenvalue weighted by molar-refractivity contribution is 7.15. The van der Waals surface area contributed by atoms with Crippen molar-refractivity contribution < 1.29 is 24.2 Å². The first-order valence-corrected chi connectivity index (χ1v) is 14.6. The van der Waals surface area contributed by atoms with Gasteiger partial charge in [0.15, 0.2) is 6.10 Å². The van der Waals surface area contributed by atoms with E-state index in [9.17, 15) is 14.7 Å². The molecule has 0 bridgehead atoms. The van der Waals surface area contributed by atoms with E-state index in [0.29, 0.717) is 32.1 Å². The van der Waals surface area contributed by atoms with Crippen LogP contribution in [0.3, 0.4) is 0 Å². The Morgan fingerprint density at radius 2 is 1.90 bits per heavy atom. The number of carboxylic acid groups (broad SMARTS) is 1. The monoisotopic (exact) mass is 590 g/mol. The summed E-state index contributed by atoms with van der Waals surface area (Å²) in [7, 11) is 0. The van der Waals surface area contributed by atoms with Crippen LogP contribution in [0.4, 0.5) is 0 Å². The molecule has 1 unspecified atom stereocenters. The van der Waals surface area contributed by atoms with Gasteiger partial charge in [-0.25, -0.2) is 9.78 Å². The molecule has 0 saturated heterocycles. The summed E-state index contributed by atoms with van der Waals surface area (Å²) in [5.41, 5.74) is 2.60. The fraction of sp³-hybridized carbons (Fsp3) is 0.414. The number of halogens is 2. The summed E-state index contributed by atoms with van der Waals surface area (Å²) in [6.07, 6.45) is 3.39. The highest BCUT2D eigenvalue weighted by Crippen LogP contribution is 2.34. The van der Waals surface area contributed by atoms with E-state index in [4.69, 9.17) is 32.7 Å². The van der Waals surface area contributed by atoms with E-state index < -0.39 is 12.1 Å². The van der Waals surface area contributed by atoms with Gasteiger partial charge in [-0.1, -0.05) is 35.3 Å². The number of aliphatic carboxylic acids is 1. The fourth-order valence-electron chi connectivity index (χ4n) is 4.58. The highest BCUT2D eigenvalue weighted by atomic mass is 35.5. The van der Waals surface area contributed by atoms with Gasteiger partial charge in [0.1, 0.15) is 16.5 Å². The molecule has 1 aliphatic carbocycles. The van der Waals surface area contributed by atoms with Gasteiger partial charge in [-0.2, -0.15) is 0 Å². The summed E-state index contributed by atoms with van der Waals surface area (Å²) in [6.45, 7) is 5.66. The second-order valence-corrected chi connectivity index (χ2v) is 12.0. The number of thiazole rings is 1. The number of carbonyl (C=O) groups excluding carboxylic acids is 1. The fourth-order valence-corrected chi connectivity index (χ4v) is 6.08. The van der Waals surface area contributed by atoms with Gasteiger partial charge >= 0.3 is 5.97 Å². The predicted octanol–water partition coefficient (Wildman–Crippen LogP) is 7.10. The van der Waals surface area contributed by atoms with Gasteiger partial charge in [0.2, 0.25) is 0 Å². The van der Waals surface area contributed by atoms with Crippen LogP contribution in [0, 0.1) is 6.92 Å². The lowest BCUT2D eigenvalue weighted by molar-refractivity contribution is -0.153. The van der Waals surface area contributed by atoms with Crippen LogP contribution in [0.5, 0.6) is 5.75 Å². The third kappa shape index (κ3) is 7.72. The van der Waals surface area contributed by atoms with E-state index in [1.165, 1.54) is 11.3 Å². The number of rotatable bonds is 11. The SMILES string of the molecule is Cc1sc(-c2ccc(Cl)cc2Cl)nc1C(=O)NCc1cc(CC(OC(C)C)C(=O)O)ccc1OC1CCCC1. The van der Waals surface area contributed by atoms with Crippen molar-refractivity contribution >= 4 is 46.4 Å². The Hall–Kier alpha value is -2.65. The molecule has 1 heterocycles. The molecule has 0 spiro atoms. The van der Waals surface area contributed by atoms with Crippen LogP contribution in [0.2, 0.25) is 10.0 Å².